The molecule has 1 rings (SSSR count). The highest BCUT2D eigenvalue weighted by atomic mass is 79.9. The van der Waals surface area contributed by atoms with Crippen molar-refractivity contribution in [3.8, 4) is 0 Å². The van der Waals surface area contributed by atoms with Gasteiger partial charge in [-0.05, 0) is 19.1 Å². The van der Waals surface area contributed by atoms with Gasteiger partial charge < -0.3 is 0 Å². The minimum Gasteiger partial charge on any atom is -0.291 e. The summed E-state index contributed by atoms with van der Waals surface area (Å²) in [4.78, 5) is 14.6. The van der Waals surface area contributed by atoms with E-state index in [0.717, 1.165) is 6.20 Å². The first kappa shape index (κ1) is 9.32. The molecule has 1 heterocycles. The molecule has 0 saturated heterocycles. The molecule has 2 nitrogen and oxygen atoms in total. The van der Waals surface area contributed by atoms with Crippen LogP contribution in [0.3, 0.4) is 0 Å². The molecule has 4 heteroatoms. The maximum atomic E-state index is 12.4. The molecule has 1 aromatic rings. The lowest BCUT2D eigenvalue weighted by Crippen LogP contribution is -2.11. The van der Waals surface area contributed by atoms with E-state index in [2.05, 4.69) is 20.9 Å². The Bertz CT molecular complexity index is 284. The van der Waals surface area contributed by atoms with Gasteiger partial charge in [0.1, 0.15) is 11.5 Å². The molecule has 0 N–H and O–H groups in total. The third-order valence-electron chi connectivity index (χ3n) is 1.34. The molecule has 12 heavy (non-hydrogen) atoms. The Morgan fingerprint density at radius 1 is 1.67 bits per heavy atom. The maximum absolute atomic E-state index is 12.4. The van der Waals surface area contributed by atoms with Crippen LogP contribution in [-0.4, -0.2) is 15.6 Å². The van der Waals surface area contributed by atoms with E-state index >= 15 is 0 Å². The molecular weight excluding hydrogens is 225 g/mol. The topological polar surface area (TPSA) is 30.0 Å². The molecule has 1 unspecified atom stereocenters. The molecule has 64 valence electrons. The van der Waals surface area contributed by atoms with Gasteiger partial charge in [0, 0.05) is 0 Å². The SMILES string of the molecule is CC(Br)C(=O)c1ccc(F)cn1. The third kappa shape index (κ3) is 2.11. The van der Waals surface area contributed by atoms with E-state index < -0.39 is 5.82 Å². The summed E-state index contributed by atoms with van der Waals surface area (Å²) in [6, 6.07) is 2.59. The first-order chi connectivity index (χ1) is 5.61. The molecule has 0 aliphatic heterocycles. The van der Waals surface area contributed by atoms with Crippen molar-refractivity contribution in [3.63, 3.8) is 0 Å². The molecule has 0 saturated carbocycles. The number of rotatable bonds is 2. The normalized spacial score (nSPS) is 12.6. The smallest absolute Gasteiger partial charge is 0.194 e. The van der Waals surface area contributed by atoms with Gasteiger partial charge in [-0.25, -0.2) is 4.39 Å². The van der Waals surface area contributed by atoms with E-state index in [1.807, 2.05) is 0 Å². The maximum Gasteiger partial charge on any atom is 0.194 e. The second-order valence-corrected chi connectivity index (χ2v) is 3.72. The van der Waals surface area contributed by atoms with Gasteiger partial charge in [0.15, 0.2) is 5.78 Å². The second kappa shape index (κ2) is 3.76. The lowest BCUT2D eigenvalue weighted by Gasteiger charge is -2.00. The average Bonchev–Trinajstić information content (AvgIpc) is 2.04. The van der Waals surface area contributed by atoms with Crippen molar-refractivity contribution in [2.75, 3.05) is 0 Å². The van der Waals surface area contributed by atoms with Crippen molar-refractivity contribution in [1.29, 1.82) is 0 Å². The number of ketones is 1. The highest BCUT2D eigenvalue weighted by molar-refractivity contribution is 9.10. The van der Waals surface area contributed by atoms with E-state index in [1.54, 1.807) is 6.92 Å². The summed E-state index contributed by atoms with van der Waals surface area (Å²) in [7, 11) is 0. The van der Waals surface area contributed by atoms with Crippen molar-refractivity contribution >= 4 is 21.7 Å². The second-order valence-electron chi connectivity index (χ2n) is 2.34. The van der Waals surface area contributed by atoms with Gasteiger partial charge in [0.05, 0.1) is 11.0 Å². The van der Waals surface area contributed by atoms with Crippen LogP contribution in [0.2, 0.25) is 0 Å². The molecule has 0 aromatic carbocycles. The summed E-state index contributed by atoms with van der Waals surface area (Å²) in [5.74, 6) is -0.580. The number of carbonyl (C=O) groups excluding carboxylic acids is 1. The number of halogens is 2. The Morgan fingerprint density at radius 3 is 2.75 bits per heavy atom. The lowest BCUT2D eigenvalue weighted by molar-refractivity contribution is 0.0991. The average molecular weight is 232 g/mol. The molecular formula is C8H7BrFNO. The minimum atomic E-state index is -0.436. The van der Waals surface area contributed by atoms with Crippen LogP contribution in [0, 0.1) is 5.82 Å². The molecule has 1 atom stereocenters. The summed E-state index contributed by atoms with van der Waals surface area (Å²) in [6.07, 6.45) is 1.03. The number of pyridine rings is 1. The highest BCUT2D eigenvalue weighted by Crippen LogP contribution is 2.07. The fraction of sp³-hybridized carbons (Fsp3) is 0.250. The number of nitrogens with zero attached hydrogens (tertiary/aromatic N) is 1. The van der Waals surface area contributed by atoms with Crippen molar-refractivity contribution in [3.05, 3.63) is 29.8 Å². The fourth-order valence-corrected chi connectivity index (χ4v) is 0.960. The number of carbonyl (C=O) groups is 1. The lowest BCUT2D eigenvalue weighted by atomic mass is 10.2. The Labute approximate surface area is 77.9 Å². The third-order valence-corrected chi connectivity index (χ3v) is 1.76. The van der Waals surface area contributed by atoms with Gasteiger partial charge in [-0.1, -0.05) is 15.9 Å². The zero-order chi connectivity index (χ0) is 9.14. The molecule has 0 spiro atoms. The van der Waals surface area contributed by atoms with Crippen molar-refractivity contribution in [1.82, 2.24) is 4.98 Å². The van der Waals surface area contributed by atoms with Crippen LogP contribution in [0.25, 0.3) is 0 Å². The number of Topliss-reactive ketones (excluding diaryl/α,β-unsaturated/α-hetero) is 1. The first-order valence-electron chi connectivity index (χ1n) is 3.41. The van der Waals surface area contributed by atoms with Gasteiger partial charge in [0.25, 0.3) is 0 Å². The molecule has 0 aliphatic carbocycles. The van der Waals surface area contributed by atoms with Gasteiger partial charge in [0.2, 0.25) is 0 Å². The zero-order valence-corrected chi connectivity index (χ0v) is 8.01. The van der Waals surface area contributed by atoms with Crippen LogP contribution in [0.15, 0.2) is 18.3 Å². The number of alkyl halides is 1. The van der Waals surface area contributed by atoms with Crippen molar-refractivity contribution < 1.29 is 9.18 Å². The monoisotopic (exact) mass is 231 g/mol. The van der Waals surface area contributed by atoms with Crippen LogP contribution >= 0.6 is 15.9 Å². The van der Waals surface area contributed by atoms with E-state index in [9.17, 15) is 9.18 Å². The summed E-state index contributed by atoms with van der Waals surface area (Å²) in [5.41, 5.74) is 0.278. The first-order valence-corrected chi connectivity index (χ1v) is 4.32. The largest absolute Gasteiger partial charge is 0.291 e. The van der Waals surface area contributed by atoms with E-state index in [-0.39, 0.29) is 16.3 Å². The van der Waals surface area contributed by atoms with Crippen LogP contribution in [0.5, 0.6) is 0 Å². The number of hydrogen-bond acceptors (Lipinski definition) is 2. The summed E-state index contributed by atoms with van der Waals surface area (Å²) in [6.45, 7) is 1.70. The molecule has 0 fully saturated rings. The minimum absolute atomic E-state index is 0.144. The van der Waals surface area contributed by atoms with Crippen LogP contribution in [0.4, 0.5) is 4.39 Å². The Morgan fingerprint density at radius 2 is 2.33 bits per heavy atom. The molecule has 0 aliphatic rings. The number of hydrogen-bond donors (Lipinski definition) is 0. The molecule has 1 aromatic heterocycles. The van der Waals surface area contributed by atoms with Gasteiger partial charge >= 0.3 is 0 Å². The quantitative estimate of drug-likeness (QED) is 0.577. The van der Waals surface area contributed by atoms with Crippen LogP contribution < -0.4 is 0 Å². The van der Waals surface area contributed by atoms with Gasteiger partial charge in [-0.3, -0.25) is 9.78 Å². The van der Waals surface area contributed by atoms with Crippen molar-refractivity contribution in [2.24, 2.45) is 0 Å². The van der Waals surface area contributed by atoms with Crippen LogP contribution in [0.1, 0.15) is 17.4 Å². The molecule has 0 bridgehead atoms. The highest BCUT2D eigenvalue weighted by Gasteiger charge is 2.12. The van der Waals surface area contributed by atoms with E-state index in [4.69, 9.17) is 0 Å². The summed E-state index contributed by atoms with van der Waals surface area (Å²) < 4.78 is 12.4. The Kier molecular flexibility index (Phi) is 2.92. The number of aromatic nitrogens is 1. The summed E-state index contributed by atoms with van der Waals surface area (Å²) >= 11 is 3.11. The Balaban J connectivity index is 2.90. The van der Waals surface area contributed by atoms with Gasteiger partial charge in [-0.15, -0.1) is 0 Å². The Hall–Kier alpha value is -0.770. The summed E-state index contributed by atoms with van der Waals surface area (Å²) in [5, 5.41) is 0. The zero-order valence-electron chi connectivity index (χ0n) is 6.42. The van der Waals surface area contributed by atoms with Crippen LogP contribution in [-0.2, 0) is 0 Å². The molecule has 0 radical (unpaired) electrons. The van der Waals surface area contributed by atoms with E-state index in [0.29, 0.717) is 0 Å². The van der Waals surface area contributed by atoms with Crippen molar-refractivity contribution in [2.45, 2.75) is 11.8 Å². The standard InChI is InChI=1S/C8H7BrFNO/c1-5(9)8(12)7-3-2-6(10)4-11-7/h2-5H,1H3. The molecule has 0 amide bonds. The van der Waals surface area contributed by atoms with Gasteiger partial charge in [-0.2, -0.15) is 0 Å². The predicted molar refractivity (Wildman–Crippen MR) is 46.9 cm³/mol. The fourth-order valence-electron chi connectivity index (χ4n) is 0.725. The van der Waals surface area contributed by atoms with E-state index in [1.165, 1.54) is 12.1 Å². The predicted octanol–water partition coefficient (Wildman–Crippen LogP) is 2.19.